The van der Waals surface area contributed by atoms with Gasteiger partial charge in [-0.3, -0.25) is 4.79 Å². The minimum absolute atomic E-state index is 0.0135. The summed E-state index contributed by atoms with van der Waals surface area (Å²) in [5.74, 6) is 0.0271. The number of hydrogen-bond acceptors (Lipinski definition) is 4. The van der Waals surface area contributed by atoms with Crippen LogP contribution < -0.4 is 5.32 Å². The molecule has 0 saturated heterocycles. The van der Waals surface area contributed by atoms with Gasteiger partial charge in [0.1, 0.15) is 12.8 Å². The molecule has 0 aliphatic carbocycles. The van der Waals surface area contributed by atoms with Crippen LogP contribution in [0.1, 0.15) is 6.92 Å². The summed E-state index contributed by atoms with van der Waals surface area (Å²) in [6.45, 7) is 2.26. The number of nitrogens with zero attached hydrogens (tertiary/aromatic N) is 3. The molecule has 1 rings (SSSR count). The minimum Gasteiger partial charge on any atom is -0.363 e. The smallest absolute Gasteiger partial charge is 0.319 e. The molecule has 0 unspecified atom stereocenters. The molecule has 1 heterocycles. The lowest BCUT2D eigenvalue weighted by Crippen LogP contribution is -2.43. The van der Waals surface area contributed by atoms with Crippen LogP contribution in [-0.2, 0) is 4.79 Å². The number of aromatic nitrogens is 1. The van der Waals surface area contributed by atoms with Crippen molar-refractivity contribution >= 4 is 17.8 Å². The van der Waals surface area contributed by atoms with Crippen molar-refractivity contribution < 1.29 is 14.1 Å². The normalized spacial score (nSPS) is 9.82. The fourth-order valence-corrected chi connectivity index (χ4v) is 1.23. The fraction of sp³-hybridized carbons (Fsp3) is 0.500. The lowest BCUT2D eigenvalue weighted by atomic mass is 10.4. The zero-order valence-electron chi connectivity index (χ0n) is 10.1. The van der Waals surface area contributed by atoms with E-state index in [4.69, 9.17) is 0 Å². The first kappa shape index (κ1) is 13.0. The molecule has 0 bridgehead atoms. The van der Waals surface area contributed by atoms with E-state index in [1.54, 1.807) is 14.1 Å². The molecule has 0 saturated carbocycles. The Hall–Kier alpha value is -2.05. The van der Waals surface area contributed by atoms with E-state index in [9.17, 15) is 9.59 Å². The number of urea groups is 1. The summed E-state index contributed by atoms with van der Waals surface area (Å²) in [4.78, 5) is 26.1. The average Bonchev–Trinajstić information content (AvgIpc) is 2.77. The summed E-state index contributed by atoms with van der Waals surface area (Å²) in [6.07, 6.45) is 1.36. The van der Waals surface area contributed by atoms with Crippen molar-refractivity contribution in [3.05, 3.63) is 12.3 Å². The van der Waals surface area contributed by atoms with Crippen LogP contribution in [0.25, 0.3) is 0 Å². The quantitative estimate of drug-likeness (QED) is 0.836. The monoisotopic (exact) mass is 240 g/mol. The largest absolute Gasteiger partial charge is 0.363 e. The van der Waals surface area contributed by atoms with Crippen molar-refractivity contribution in [3.63, 3.8) is 0 Å². The van der Waals surface area contributed by atoms with E-state index in [1.807, 2.05) is 6.92 Å². The maximum atomic E-state index is 11.6. The summed E-state index contributed by atoms with van der Waals surface area (Å²) in [5, 5.41) is 6.07. The van der Waals surface area contributed by atoms with Crippen molar-refractivity contribution in [1.82, 2.24) is 15.0 Å². The second kappa shape index (κ2) is 5.88. The Balaban J connectivity index is 2.51. The molecule has 1 aromatic rings. The third kappa shape index (κ3) is 3.78. The topological polar surface area (TPSA) is 78.7 Å². The minimum atomic E-state index is -0.309. The summed E-state index contributed by atoms with van der Waals surface area (Å²) in [6, 6.07) is 1.32. The SMILES string of the molecule is CCN(CC(=O)Nc1ccon1)C(=O)N(C)C. The van der Waals surface area contributed by atoms with E-state index >= 15 is 0 Å². The molecule has 0 atom stereocenters. The van der Waals surface area contributed by atoms with E-state index in [2.05, 4.69) is 15.0 Å². The molecule has 0 aromatic carbocycles. The molecule has 0 aliphatic heterocycles. The molecule has 17 heavy (non-hydrogen) atoms. The van der Waals surface area contributed by atoms with Crippen LogP contribution >= 0.6 is 0 Å². The van der Waals surface area contributed by atoms with Gasteiger partial charge < -0.3 is 19.6 Å². The molecule has 3 amide bonds. The van der Waals surface area contributed by atoms with Crippen LogP contribution in [0.3, 0.4) is 0 Å². The van der Waals surface area contributed by atoms with Gasteiger partial charge in [0.25, 0.3) is 0 Å². The number of hydrogen-bond donors (Lipinski definition) is 1. The van der Waals surface area contributed by atoms with Crippen molar-refractivity contribution in [3.8, 4) is 0 Å². The van der Waals surface area contributed by atoms with E-state index in [-0.39, 0.29) is 18.5 Å². The summed E-state index contributed by atoms with van der Waals surface area (Å²) in [7, 11) is 3.28. The summed E-state index contributed by atoms with van der Waals surface area (Å²) in [5.41, 5.74) is 0. The van der Waals surface area contributed by atoms with Crippen molar-refractivity contribution in [2.75, 3.05) is 32.5 Å². The highest BCUT2D eigenvalue weighted by molar-refractivity contribution is 5.93. The zero-order valence-corrected chi connectivity index (χ0v) is 10.1. The zero-order chi connectivity index (χ0) is 12.8. The molecule has 7 nitrogen and oxygen atoms in total. The van der Waals surface area contributed by atoms with Crippen LogP contribution in [0, 0.1) is 0 Å². The molecule has 0 fully saturated rings. The van der Waals surface area contributed by atoms with Crippen LogP contribution in [0.4, 0.5) is 10.6 Å². The first-order chi connectivity index (χ1) is 8.04. The summed E-state index contributed by atoms with van der Waals surface area (Å²) >= 11 is 0. The number of nitrogens with one attached hydrogen (secondary N) is 1. The van der Waals surface area contributed by atoms with Gasteiger partial charge in [0, 0.05) is 26.7 Å². The Bertz CT molecular complexity index is 375. The molecule has 1 N–H and O–H groups in total. The van der Waals surface area contributed by atoms with Gasteiger partial charge in [-0.05, 0) is 6.92 Å². The van der Waals surface area contributed by atoms with Gasteiger partial charge in [0.2, 0.25) is 5.91 Å². The van der Waals surface area contributed by atoms with Gasteiger partial charge in [0.05, 0.1) is 0 Å². The van der Waals surface area contributed by atoms with Crippen molar-refractivity contribution in [2.24, 2.45) is 0 Å². The third-order valence-electron chi connectivity index (χ3n) is 2.07. The Morgan fingerprint density at radius 2 is 2.18 bits per heavy atom. The maximum absolute atomic E-state index is 11.6. The molecular weight excluding hydrogens is 224 g/mol. The van der Waals surface area contributed by atoms with Gasteiger partial charge in [-0.1, -0.05) is 5.16 Å². The van der Waals surface area contributed by atoms with Gasteiger partial charge in [0.15, 0.2) is 5.82 Å². The van der Waals surface area contributed by atoms with Crippen molar-refractivity contribution in [1.29, 1.82) is 0 Å². The molecule has 7 heteroatoms. The second-order valence-electron chi connectivity index (χ2n) is 3.62. The predicted molar refractivity (Wildman–Crippen MR) is 61.5 cm³/mol. The third-order valence-corrected chi connectivity index (χ3v) is 2.07. The van der Waals surface area contributed by atoms with E-state index in [0.717, 1.165) is 0 Å². The molecule has 94 valence electrons. The van der Waals surface area contributed by atoms with Crippen molar-refractivity contribution in [2.45, 2.75) is 6.92 Å². The number of carbonyl (C=O) groups is 2. The highest BCUT2D eigenvalue weighted by Crippen LogP contribution is 2.02. The Labute approximate surface area is 99.3 Å². The Morgan fingerprint density at radius 1 is 1.47 bits per heavy atom. The number of rotatable bonds is 4. The molecular formula is C10H16N4O3. The van der Waals surface area contributed by atoms with Gasteiger partial charge in [-0.15, -0.1) is 0 Å². The Kier molecular flexibility index (Phi) is 4.50. The van der Waals surface area contributed by atoms with Gasteiger partial charge in [-0.2, -0.15) is 0 Å². The first-order valence-electron chi connectivity index (χ1n) is 5.21. The standard InChI is InChI=1S/C10H16N4O3/c1-4-14(10(16)13(2)3)7-9(15)11-8-5-6-17-12-8/h5-6H,4,7H2,1-3H3,(H,11,12,15). The molecule has 1 aromatic heterocycles. The van der Waals surface area contributed by atoms with Crippen LogP contribution in [-0.4, -0.2) is 54.1 Å². The average molecular weight is 240 g/mol. The number of carbonyl (C=O) groups excluding carboxylic acids is 2. The number of amides is 3. The molecule has 0 radical (unpaired) electrons. The van der Waals surface area contributed by atoms with E-state index in [0.29, 0.717) is 12.4 Å². The van der Waals surface area contributed by atoms with Crippen LogP contribution in [0.15, 0.2) is 16.9 Å². The second-order valence-corrected chi connectivity index (χ2v) is 3.62. The number of likely N-dealkylation sites (N-methyl/N-ethyl adjacent to an activating group) is 1. The van der Waals surface area contributed by atoms with Gasteiger partial charge in [-0.25, -0.2) is 4.79 Å². The lowest BCUT2D eigenvalue weighted by molar-refractivity contribution is -0.116. The highest BCUT2D eigenvalue weighted by Gasteiger charge is 2.17. The van der Waals surface area contributed by atoms with E-state index < -0.39 is 0 Å². The maximum Gasteiger partial charge on any atom is 0.319 e. The van der Waals surface area contributed by atoms with Gasteiger partial charge >= 0.3 is 6.03 Å². The predicted octanol–water partition coefficient (Wildman–Crippen LogP) is 0.617. The van der Waals surface area contributed by atoms with Crippen LogP contribution in [0.2, 0.25) is 0 Å². The first-order valence-corrected chi connectivity index (χ1v) is 5.21. The summed E-state index contributed by atoms with van der Waals surface area (Å²) < 4.78 is 4.58. The fourth-order valence-electron chi connectivity index (χ4n) is 1.23. The molecule has 0 spiro atoms. The Morgan fingerprint density at radius 3 is 2.65 bits per heavy atom. The number of anilines is 1. The molecule has 0 aliphatic rings. The van der Waals surface area contributed by atoms with Crippen LogP contribution in [0.5, 0.6) is 0 Å². The lowest BCUT2D eigenvalue weighted by Gasteiger charge is -2.23. The highest BCUT2D eigenvalue weighted by atomic mass is 16.5. The van der Waals surface area contributed by atoms with E-state index in [1.165, 1.54) is 22.1 Å².